The summed E-state index contributed by atoms with van der Waals surface area (Å²) < 4.78 is 0. The van der Waals surface area contributed by atoms with E-state index in [1.54, 1.807) is 0 Å². The number of hydrogen-bond acceptors (Lipinski definition) is 4. The lowest BCUT2D eigenvalue weighted by molar-refractivity contribution is 0.0923. The van der Waals surface area contributed by atoms with Crippen molar-refractivity contribution in [2.24, 2.45) is 0 Å². The van der Waals surface area contributed by atoms with E-state index in [1.165, 1.54) is 6.42 Å². The Balaban J connectivity index is 1.82. The Hall–Kier alpha value is -0.580. The molecule has 1 unspecified atom stereocenters. The fourth-order valence-electron chi connectivity index (χ4n) is 2.15. The summed E-state index contributed by atoms with van der Waals surface area (Å²) in [7, 11) is 0. The molecule has 1 saturated heterocycles. The molecule has 0 bridgehead atoms. The van der Waals surface area contributed by atoms with Crippen molar-refractivity contribution < 1.29 is 5.11 Å². The highest BCUT2D eigenvalue weighted by Gasteiger charge is 2.25. The lowest BCUT2D eigenvalue weighted by Gasteiger charge is -2.28. The van der Waals surface area contributed by atoms with Crippen LogP contribution >= 0.6 is 0 Å². The van der Waals surface area contributed by atoms with Crippen LogP contribution in [0.2, 0.25) is 0 Å². The van der Waals surface area contributed by atoms with Gasteiger partial charge in [0.15, 0.2) is 0 Å². The summed E-state index contributed by atoms with van der Waals surface area (Å²) in [6, 6.07) is 0.797. The minimum absolute atomic E-state index is 0.285. The van der Waals surface area contributed by atoms with Gasteiger partial charge >= 0.3 is 0 Å². The lowest BCUT2D eigenvalue weighted by atomic mass is 10.2. The van der Waals surface area contributed by atoms with Crippen LogP contribution in [0.4, 0.5) is 0 Å². The molecule has 0 aliphatic carbocycles. The fraction of sp³-hybridized carbons (Fsp3) is 0.800. The van der Waals surface area contributed by atoms with Crippen LogP contribution in [0.25, 0.3) is 0 Å². The van der Waals surface area contributed by atoms with Crippen LogP contribution in [0.5, 0.6) is 0 Å². The summed E-state index contributed by atoms with van der Waals surface area (Å²) in [5.74, 6) is 0. The lowest BCUT2D eigenvalue weighted by Crippen LogP contribution is -2.45. The van der Waals surface area contributed by atoms with Crippen molar-refractivity contribution in [1.29, 1.82) is 0 Å². The largest absolute Gasteiger partial charge is 0.395 e. The molecule has 0 aromatic rings. The molecule has 2 atom stereocenters. The third-order valence-corrected chi connectivity index (χ3v) is 2.97. The van der Waals surface area contributed by atoms with Gasteiger partial charge < -0.3 is 10.1 Å². The van der Waals surface area contributed by atoms with Gasteiger partial charge in [0, 0.05) is 24.8 Å². The van der Waals surface area contributed by atoms with Crippen LogP contribution in [0.3, 0.4) is 0 Å². The molecule has 1 fully saturated rings. The Morgan fingerprint density at radius 3 is 3.07 bits per heavy atom. The van der Waals surface area contributed by atoms with Crippen LogP contribution in [0, 0.1) is 0 Å². The molecular weight excluding hydrogens is 178 g/mol. The van der Waals surface area contributed by atoms with Gasteiger partial charge in [0.25, 0.3) is 0 Å². The topological polar surface area (TPSA) is 38.7 Å². The molecule has 0 radical (unpaired) electrons. The highest BCUT2D eigenvalue weighted by Crippen LogP contribution is 2.17. The van der Waals surface area contributed by atoms with E-state index in [2.05, 4.69) is 34.5 Å². The van der Waals surface area contributed by atoms with E-state index in [4.69, 9.17) is 5.11 Å². The number of likely N-dealkylation sites (tertiary alicyclic amines) is 1. The Labute approximate surface area is 85.2 Å². The van der Waals surface area contributed by atoms with Crippen molar-refractivity contribution in [1.82, 2.24) is 15.3 Å². The zero-order valence-corrected chi connectivity index (χ0v) is 8.69. The summed E-state index contributed by atoms with van der Waals surface area (Å²) >= 11 is 0. The zero-order chi connectivity index (χ0) is 9.97. The molecule has 2 N–H and O–H groups in total. The van der Waals surface area contributed by atoms with Crippen LogP contribution < -0.4 is 5.43 Å². The van der Waals surface area contributed by atoms with E-state index in [1.807, 2.05) is 0 Å². The Morgan fingerprint density at radius 1 is 1.57 bits per heavy atom. The van der Waals surface area contributed by atoms with Crippen molar-refractivity contribution in [3.05, 3.63) is 12.3 Å². The molecule has 80 valence electrons. The van der Waals surface area contributed by atoms with Gasteiger partial charge in [0.1, 0.15) is 0 Å². The Bertz CT molecular complexity index is 219. The van der Waals surface area contributed by atoms with Crippen molar-refractivity contribution in [2.75, 3.05) is 19.8 Å². The Kier molecular flexibility index (Phi) is 3.05. The molecule has 2 aliphatic rings. The monoisotopic (exact) mass is 197 g/mol. The van der Waals surface area contributed by atoms with Crippen molar-refractivity contribution in [2.45, 2.75) is 31.8 Å². The van der Waals surface area contributed by atoms with E-state index in [-0.39, 0.29) is 6.61 Å². The second kappa shape index (κ2) is 4.29. The van der Waals surface area contributed by atoms with Crippen LogP contribution in [-0.4, -0.2) is 46.9 Å². The molecule has 4 nitrogen and oxygen atoms in total. The normalized spacial score (nSPS) is 33.1. The number of rotatable bonds is 3. The average Bonchev–Trinajstić information content (AvgIpc) is 2.76. The first-order chi connectivity index (χ1) is 6.79. The smallest absolute Gasteiger partial charge is 0.0860 e. The molecule has 14 heavy (non-hydrogen) atoms. The second-order valence-corrected chi connectivity index (χ2v) is 4.16. The molecule has 2 rings (SSSR count). The van der Waals surface area contributed by atoms with Gasteiger partial charge in [-0.25, -0.2) is 5.43 Å². The average molecular weight is 197 g/mol. The standard InChI is InChI=1S/C10H19N3O/c1-9-4-6-13(11-9)8-12-5-2-3-10(12)7-14/h4,6,9-11,14H,2-3,5,7-8H2,1H3/t9-,10?/m0/s1. The minimum atomic E-state index is 0.285. The molecule has 0 aromatic carbocycles. The minimum Gasteiger partial charge on any atom is -0.395 e. The number of hydrazine groups is 1. The third-order valence-electron chi connectivity index (χ3n) is 2.97. The summed E-state index contributed by atoms with van der Waals surface area (Å²) in [6.07, 6.45) is 6.56. The maximum atomic E-state index is 9.16. The maximum absolute atomic E-state index is 9.16. The predicted octanol–water partition coefficient (Wildman–Crippen LogP) is 0.123. The van der Waals surface area contributed by atoms with E-state index < -0.39 is 0 Å². The highest BCUT2D eigenvalue weighted by molar-refractivity contribution is 4.96. The summed E-state index contributed by atoms with van der Waals surface area (Å²) in [5, 5.41) is 11.3. The number of nitrogens with one attached hydrogen (secondary N) is 1. The summed E-state index contributed by atoms with van der Waals surface area (Å²) in [4.78, 5) is 2.33. The summed E-state index contributed by atoms with van der Waals surface area (Å²) in [6.45, 7) is 4.40. The van der Waals surface area contributed by atoms with Crippen molar-refractivity contribution in [3.63, 3.8) is 0 Å². The van der Waals surface area contributed by atoms with Crippen LogP contribution in [0.1, 0.15) is 19.8 Å². The molecule has 0 saturated carbocycles. The van der Waals surface area contributed by atoms with E-state index in [0.29, 0.717) is 12.1 Å². The van der Waals surface area contributed by atoms with Crippen molar-refractivity contribution >= 4 is 0 Å². The molecule has 2 aliphatic heterocycles. The first kappa shape index (κ1) is 9.96. The molecule has 0 spiro atoms. The number of aliphatic hydroxyl groups is 1. The quantitative estimate of drug-likeness (QED) is 0.674. The number of hydrogen-bond donors (Lipinski definition) is 2. The van der Waals surface area contributed by atoms with E-state index >= 15 is 0 Å². The first-order valence-corrected chi connectivity index (χ1v) is 5.35. The van der Waals surface area contributed by atoms with Gasteiger partial charge in [-0.2, -0.15) is 0 Å². The second-order valence-electron chi connectivity index (χ2n) is 4.16. The number of nitrogens with zero attached hydrogens (tertiary/aromatic N) is 2. The van der Waals surface area contributed by atoms with Gasteiger partial charge in [0.2, 0.25) is 0 Å². The molecular formula is C10H19N3O. The predicted molar refractivity (Wildman–Crippen MR) is 55.3 cm³/mol. The summed E-state index contributed by atoms with van der Waals surface area (Å²) in [5.41, 5.74) is 3.32. The number of aliphatic hydroxyl groups excluding tert-OH is 1. The SMILES string of the molecule is C[C@H]1C=CN(CN2CCCC2CO)N1. The first-order valence-electron chi connectivity index (χ1n) is 5.35. The maximum Gasteiger partial charge on any atom is 0.0860 e. The highest BCUT2D eigenvalue weighted by atomic mass is 16.3. The van der Waals surface area contributed by atoms with Crippen LogP contribution in [0.15, 0.2) is 12.3 Å². The molecule has 0 amide bonds. The van der Waals surface area contributed by atoms with Crippen LogP contribution in [-0.2, 0) is 0 Å². The van der Waals surface area contributed by atoms with E-state index in [0.717, 1.165) is 19.6 Å². The van der Waals surface area contributed by atoms with Gasteiger partial charge in [-0.1, -0.05) is 0 Å². The Morgan fingerprint density at radius 2 is 2.43 bits per heavy atom. The zero-order valence-electron chi connectivity index (χ0n) is 8.69. The fourth-order valence-corrected chi connectivity index (χ4v) is 2.15. The molecule has 2 heterocycles. The molecule has 0 aromatic heterocycles. The van der Waals surface area contributed by atoms with E-state index in [9.17, 15) is 0 Å². The van der Waals surface area contributed by atoms with Gasteiger partial charge in [-0.3, -0.25) is 4.90 Å². The van der Waals surface area contributed by atoms with Gasteiger partial charge in [0.05, 0.1) is 13.3 Å². The third kappa shape index (κ3) is 2.08. The van der Waals surface area contributed by atoms with Gasteiger partial charge in [-0.15, -0.1) is 0 Å². The van der Waals surface area contributed by atoms with Gasteiger partial charge in [-0.05, 0) is 25.8 Å². The van der Waals surface area contributed by atoms with Crippen molar-refractivity contribution in [3.8, 4) is 0 Å². The molecule has 4 heteroatoms.